The van der Waals surface area contributed by atoms with Gasteiger partial charge < -0.3 is 5.73 Å². The van der Waals surface area contributed by atoms with E-state index in [-0.39, 0.29) is 0 Å². The first-order valence-electron chi connectivity index (χ1n) is 6.81. The van der Waals surface area contributed by atoms with E-state index in [0.717, 1.165) is 42.5 Å². The summed E-state index contributed by atoms with van der Waals surface area (Å²) in [5, 5.41) is 5.31. The molecule has 0 aliphatic carbocycles. The summed E-state index contributed by atoms with van der Waals surface area (Å²) in [5.74, 6) is 0. The summed E-state index contributed by atoms with van der Waals surface area (Å²) in [4.78, 5) is 2.45. The Morgan fingerprint density at radius 2 is 2.22 bits per heavy atom. The van der Waals surface area contributed by atoms with Crippen molar-refractivity contribution in [1.82, 2.24) is 14.7 Å². The van der Waals surface area contributed by atoms with Crippen molar-refractivity contribution in [3.8, 4) is 0 Å². The van der Waals surface area contributed by atoms with Crippen LogP contribution in [0.1, 0.15) is 37.6 Å². The molecule has 1 aliphatic rings. The molecular formula is C13H23ClN4. The number of piperidine rings is 1. The molecule has 1 atom stereocenters. The number of likely N-dealkylation sites (tertiary alicyclic amines) is 1. The molecule has 0 saturated carbocycles. The molecule has 0 bridgehead atoms. The minimum absolute atomic E-state index is 0.495. The highest BCUT2D eigenvalue weighted by Gasteiger charge is 2.24. The zero-order valence-corrected chi connectivity index (χ0v) is 12.1. The Hall–Kier alpha value is -0.580. The lowest BCUT2D eigenvalue weighted by Crippen LogP contribution is -2.43. The van der Waals surface area contributed by atoms with E-state index in [1.807, 2.05) is 11.7 Å². The van der Waals surface area contributed by atoms with Gasteiger partial charge in [0.15, 0.2) is 0 Å². The van der Waals surface area contributed by atoms with E-state index < -0.39 is 0 Å². The minimum Gasteiger partial charge on any atom is -0.329 e. The number of nitrogens with zero attached hydrogens (tertiary/aromatic N) is 3. The Labute approximate surface area is 114 Å². The summed E-state index contributed by atoms with van der Waals surface area (Å²) in [6.07, 6.45) is 4.63. The molecule has 1 fully saturated rings. The zero-order valence-electron chi connectivity index (χ0n) is 11.3. The van der Waals surface area contributed by atoms with Crippen LogP contribution in [0.5, 0.6) is 0 Å². The molecule has 5 heteroatoms. The molecule has 1 unspecified atom stereocenters. The molecule has 2 rings (SSSR count). The second-order valence-corrected chi connectivity index (χ2v) is 5.42. The van der Waals surface area contributed by atoms with Crippen LogP contribution in [-0.4, -0.2) is 33.8 Å². The number of hydrogen-bond acceptors (Lipinski definition) is 3. The molecule has 0 aromatic carbocycles. The van der Waals surface area contributed by atoms with Gasteiger partial charge in [0, 0.05) is 26.2 Å². The Balaban J connectivity index is 2.15. The maximum absolute atomic E-state index is 6.40. The average molecular weight is 271 g/mol. The van der Waals surface area contributed by atoms with E-state index >= 15 is 0 Å². The normalized spacial score (nSPS) is 21.4. The molecule has 2 N–H and O–H groups in total. The average Bonchev–Trinajstić information content (AvgIpc) is 2.66. The van der Waals surface area contributed by atoms with Crippen molar-refractivity contribution in [3.05, 3.63) is 16.4 Å². The third kappa shape index (κ3) is 2.71. The van der Waals surface area contributed by atoms with Crippen molar-refractivity contribution in [2.24, 2.45) is 12.8 Å². The van der Waals surface area contributed by atoms with Crippen LogP contribution in [-0.2, 0) is 20.0 Å². The summed E-state index contributed by atoms with van der Waals surface area (Å²) in [6.45, 7) is 4.80. The molecular weight excluding hydrogens is 248 g/mol. The molecule has 1 saturated heterocycles. The number of nitrogens with two attached hydrogens (primary N) is 1. The molecule has 0 amide bonds. The fraction of sp³-hybridized carbons (Fsp3) is 0.769. The first-order valence-corrected chi connectivity index (χ1v) is 7.19. The van der Waals surface area contributed by atoms with Gasteiger partial charge in [-0.2, -0.15) is 5.10 Å². The van der Waals surface area contributed by atoms with Crippen LogP contribution in [0.3, 0.4) is 0 Å². The monoisotopic (exact) mass is 270 g/mol. The number of halogens is 1. The Morgan fingerprint density at radius 1 is 1.44 bits per heavy atom. The van der Waals surface area contributed by atoms with E-state index in [1.54, 1.807) is 0 Å². The Bertz CT molecular complexity index is 402. The third-order valence-electron chi connectivity index (χ3n) is 3.88. The maximum atomic E-state index is 6.40. The fourth-order valence-electron chi connectivity index (χ4n) is 2.72. The molecule has 18 heavy (non-hydrogen) atoms. The number of aromatic nitrogens is 2. The van der Waals surface area contributed by atoms with Crippen LogP contribution in [0.15, 0.2) is 0 Å². The van der Waals surface area contributed by atoms with Gasteiger partial charge >= 0.3 is 0 Å². The van der Waals surface area contributed by atoms with Gasteiger partial charge in [-0.3, -0.25) is 9.58 Å². The quantitative estimate of drug-likeness (QED) is 0.910. The largest absolute Gasteiger partial charge is 0.329 e. The SMILES string of the molecule is CCc1nn(C)c(CN2CCCCC2CN)c1Cl. The number of hydrogen-bond donors (Lipinski definition) is 1. The van der Waals surface area contributed by atoms with Crippen molar-refractivity contribution in [1.29, 1.82) is 0 Å². The van der Waals surface area contributed by atoms with Crippen molar-refractivity contribution < 1.29 is 0 Å². The number of aryl methyl sites for hydroxylation is 2. The minimum atomic E-state index is 0.495. The van der Waals surface area contributed by atoms with Gasteiger partial charge in [-0.15, -0.1) is 0 Å². The van der Waals surface area contributed by atoms with Crippen molar-refractivity contribution in [3.63, 3.8) is 0 Å². The van der Waals surface area contributed by atoms with Crippen LogP contribution in [0.4, 0.5) is 0 Å². The first-order chi connectivity index (χ1) is 8.67. The van der Waals surface area contributed by atoms with Crippen LogP contribution >= 0.6 is 11.6 Å². The second kappa shape index (κ2) is 6.04. The Kier molecular flexibility index (Phi) is 4.65. The standard InChI is InChI=1S/C13H23ClN4/c1-3-11-13(14)12(17(2)16-11)9-18-7-5-4-6-10(18)8-15/h10H,3-9,15H2,1-2H3. The van der Waals surface area contributed by atoms with Gasteiger partial charge in [0.25, 0.3) is 0 Å². The molecule has 1 aromatic rings. The molecule has 102 valence electrons. The highest BCUT2D eigenvalue weighted by molar-refractivity contribution is 6.31. The highest BCUT2D eigenvalue weighted by Crippen LogP contribution is 2.25. The predicted octanol–water partition coefficient (Wildman–Crippen LogP) is 1.95. The van der Waals surface area contributed by atoms with Gasteiger partial charge in [0.05, 0.1) is 16.4 Å². The lowest BCUT2D eigenvalue weighted by Gasteiger charge is -2.34. The molecule has 2 heterocycles. The summed E-state index contributed by atoms with van der Waals surface area (Å²) < 4.78 is 1.92. The van der Waals surface area contributed by atoms with E-state index in [9.17, 15) is 0 Å². The van der Waals surface area contributed by atoms with Gasteiger partial charge in [0.2, 0.25) is 0 Å². The van der Waals surface area contributed by atoms with Gasteiger partial charge in [-0.25, -0.2) is 0 Å². The van der Waals surface area contributed by atoms with E-state index in [0.29, 0.717) is 6.04 Å². The van der Waals surface area contributed by atoms with Crippen molar-refractivity contribution in [2.45, 2.75) is 45.2 Å². The lowest BCUT2D eigenvalue weighted by atomic mass is 10.0. The summed E-state index contributed by atoms with van der Waals surface area (Å²) in [7, 11) is 1.97. The smallest absolute Gasteiger partial charge is 0.0863 e. The lowest BCUT2D eigenvalue weighted by molar-refractivity contribution is 0.141. The first kappa shape index (κ1) is 13.8. The van der Waals surface area contributed by atoms with Crippen LogP contribution in [0, 0.1) is 0 Å². The molecule has 4 nitrogen and oxygen atoms in total. The second-order valence-electron chi connectivity index (χ2n) is 5.04. The van der Waals surface area contributed by atoms with Crippen LogP contribution in [0.25, 0.3) is 0 Å². The zero-order chi connectivity index (χ0) is 13.1. The van der Waals surface area contributed by atoms with E-state index in [4.69, 9.17) is 17.3 Å². The van der Waals surface area contributed by atoms with Crippen LogP contribution in [0.2, 0.25) is 5.02 Å². The van der Waals surface area contributed by atoms with Gasteiger partial charge in [-0.1, -0.05) is 24.9 Å². The summed E-state index contributed by atoms with van der Waals surface area (Å²) in [5.41, 5.74) is 7.97. The molecule has 0 spiro atoms. The molecule has 1 aromatic heterocycles. The predicted molar refractivity (Wildman–Crippen MR) is 74.7 cm³/mol. The number of rotatable bonds is 4. The van der Waals surface area contributed by atoms with Crippen molar-refractivity contribution >= 4 is 11.6 Å². The Morgan fingerprint density at radius 3 is 2.83 bits per heavy atom. The maximum Gasteiger partial charge on any atom is 0.0863 e. The highest BCUT2D eigenvalue weighted by atomic mass is 35.5. The van der Waals surface area contributed by atoms with Gasteiger partial charge in [-0.05, 0) is 25.8 Å². The third-order valence-corrected chi connectivity index (χ3v) is 4.31. The topological polar surface area (TPSA) is 47.1 Å². The fourth-order valence-corrected chi connectivity index (χ4v) is 3.07. The van der Waals surface area contributed by atoms with E-state index in [1.165, 1.54) is 19.3 Å². The molecule has 1 aliphatic heterocycles. The molecule has 0 radical (unpaired) electrons. The van der Waals surface area contributed by atoms with E-state index in [2.05, 4.69) is 16.9 Å². The summed E-state index contributed by atoms with van der Waals surface area (Å²) in [6, 6.07) is 0.495. The van der Waals surface area contributed by atoms with Gasteiger partial charge in [0.1, 0.15) is 0 Å². The summed E-state index contributed by atoms with van der Waals surface area (Å²) >= 11 is 6.40. The van der Waals surface area contributed by atoms with Crippen molar-refractivity contribution in [2.75, 3.05) is 13.1 Å². The van der Waals surface area contributed by atoms with Crippen LogP contribution < -0.4 is 5.73 Å².